The minimum Gasteiger partial charge on any atom is -0.497 e. The standard InChI is InChI=1S/C23H24N2O5/c1-29-16-11-12-19(20(13-16)30-2)24-21(26)14-7-9-15(10-8-14)25-22(27)17-5-3-4-6-18(17)23(25)28/h7-13,17-18H,3-6H2,1-2H3,(H,24,26). The number of methoxy groups -OCH3 is 2. The van der Waals surface area contributed by atoms with E-state index in [1.807, 2.05) is 0 Å². The van der Waals surface area contributed by atoms with E-state index in [0.29, 0.717) is 28.4 Å². The van der Waals surface area contributed by atoms with E-state index in [0.717, 1.165) is 25.7 Å². The van der Waals surface area contributed by atoms with Crippen LogP contribution in [0, 0.1) is 11.8 Å². The summed E-state index contributed by atoms with van der Waals surface area (Å²) in [5.41, 5.74) is 1.44. The van der Waals surface area contributed by atoms with Crippen molar-refractivity contribution in [3.8, 4) is 11.5 Å². The van der Waals surface area contributed by atoms with E-state index in [1.165, 1.54) is 12.0 Å². The van der Waals surface area contributed by atoms with Crippen LogP contribution in [-0.2, 0) is 9.59 Å². The summed E-state index contributed by atoms with van der Waals surface area (Å²) in [6.45, 7) is 0. The van der Waals surface area contributed by atoms with Crippen LogP contribution in [-0.4, -0.2) is 31.9 Å². The Morgan fingerprint density at radius 1 is 0.933 bits per heavy atom. The first kappa shape index (κ1) is 19.9. The van der Waals surface area contributed by atoms with E-state index < -0.39 is 0 Å². The topological polar surface area (TPSA) is 84.9 Å². The van der Waals surface area contributed by atoms with Gasteiger partial charge in [-0.15, -0.1) is 0 Å². The van der Waals surface area contributed by atoms with Gasteiger partial charge in [-0.3, -0.25) is 19.3 Å². The van der Waals surface area contributed by atoms with Gasteiger partial charge < -0.3 is 14.8 Å². The van der Waals surface area contributed by atoms with Crippen molar-refractivity contribution in [2.24, 2.45) is 11.8 Å². The first-order chi connectivity index (χ1) is 14.5. The summed E-state index contributed by atoms with van der Waals surface area (Å²) in [4.78, 5) is 39.4. The van der Waals surface area contributed by atoms with Crippen LogP contribution in [0.3, 0.4) is 0 Å². The molecule has 156 valence electrons. The Hall–Kier alpha value is -3.35. The first-order valence-electron chi connectivity index (χ1n) is 10.0. The Morgan fingerprint density at radius 3 is 2.13 bits per heavy atom. The van der Waals surface area contributed by atoms with Crippen molar-refractivity contribution in [2.45, 2.75) is 25.7 Å². The maximum Gasteiger partial charge on any atom is 0.255 e. The predicted molar refractivity (Wildman–Crippen MR) is 112 cm³/mol. The molecule has 4 rings (SSSR count). The number of ether oxygens (including phenoxy) is 2. The molecule has 1 heterocycles. The summed E-state index contributed by atoms with van der Waals surface area (Å²) < 4.78 is 10.5. The lowest BCUT2D eigenvalue weighted by atomic mass is 9.81. The lowest BCUT2D eigenvalue weighted by molar-refractivity contribution is -0.122. The lowest BCUT2D eigenvalue weighted by Gasteiger charge is -2.19. The molecule has 30 heavy (non-hydrogen) atoms. The van der Waals surface area contributed by atoms with Crippen molar-refractivity contribution in [3.05, 3.63) is 48.0 Å². The van der Waals surface area contributed by atoms with Crippen LogP contribution in [0.1, 0.15) is 36.0 Å². The summed E-state index contributed by atoms with van der Waals surface area (Å²) >= 11 is 0. The number of nitrogens with zero attached hydrogens (tertiary/aromatic N) is 1. The fourth-order valence-electron chi connectivity index (χ4n) is 4.27. The predicted octanol–water partition coefficient (Wildman–Crippen LogP) is 3.64. The second kappa shape index (κ2) is 8.18. The second-order valence-electron chi connectivity index (χ2n) is 7.58. The number of benzene rings is 2. The van der Waals surface area contributed by atoms with Gasteiger partial charge in [0.15, 0.2) is 0 Å². The van der Waals surface area contributed by atoms with E-state index in [-0.39, 0.29) is 29.6 Å². The Morgan fingerprint density at radius 2 is 1.57 bits per heavy atom. The zero-order valence-electron chi connectivity index (χ0n) is 17.0. The van der Waals surface area contributed by atoms with Crippen molar-refractivity contribution in [1.82, 2.24) is 0 Å². The van der Waals surface area contributed by atoms with Gasteiger partial charge in [0.1, 0.15) is 11.5 Å². The zero-order valence-corrected chi connectivity index (χ0v) is 17.0. The molecule has 0 aromatic heterocycles. The molecule has 1 aliphatic heterocycles. The molecule has 2 aromatic rings. The second-order valence-corrected chi connectivity index (χ2v) is 7.58. The van der Waals surface area contributed by atoms with Crippen LogP contribution < -0.4 is 19.7 Å². The van der Waals surface area contributed by atoms with Gasteiger partial charge in [-0.2, -0.15) is 0 Å². The Balaban J connectivity index is 1.51. The van der Waals surface area contributed by atoms with E-state index in [9.17, 15) is 14.4 Å². The number of rotatable bonds is 5. The molecule has 1 saturated heterocycles. The van der Waals surface area contributed by atoms with E-state index in [4.69, 9.17) is 9.47 Å². The summed E-state index contributed by atoms with van der Waals surface area (Å²) in [5.74, 6) is 0.144. The van der Waals surface area contributed by atoms with Crippen LogP contribution >= 0.6 is 0 Å². The summed E-state index contributed by atoms with van der Waals surface area (Å²) in [7, 11) is 3.07. The number of fused-ring (bicyclic) bond motifs is 1. The normalized spacial score (nSPS) is 20.7. The third-order valence-electron chi connectivity index (χ3n) is 5.89. The smallest absolute Gasteiger partial charge is 0.255 e. The Bertz CT molecular complexity index is 962. The number of carbonyl (C=O) groups excluding carboxylic acids is 3. The number of anilines is 2. The highest BCUT2D eigenvalue weighted by Gasteiger charge is 2.48. The quantitative estimate of drug-likeness (QED) is 0.764. The van der Waals surface area contributed by atoms with E-state index in [2.05, 4.69) is 5.32 Å². The number of nitrogens with one attached hydrogen (secondary N) is 1. The molecule has 2 fully saturated rings. The number of hydrogen-bond donors (Lipinski definition) is 1. The molecule has 2 aromatic carbocycles. The van der Waals surface area contributed by atoms with Gasteiger partial charge >= 0.3 is 0 Å². The van der Waals surface area contributed by atoms with Gasteiger partial charge in [-0.25, -0.2) is 0 Å². The van der Waals surface area contributed by atoms with Crippen LogP contribution in [0.2, 0.25) is 0 Å². The van der Waals surface area contributed by atoms with Gasteiger partial charge in [0.05, 0.1) is 37.4 Å². The average Bonchev–Trinajstić information content (AvgIpc) is 3.04. The van der Waals surface area contributed by atoms with Crippen LogP contribution in [0.25, 0.3) is 0 Å². The number of carbonyl (C=O) groups is 3. The average molecular weight is 408 g/mol. The number of imide groups is 1. The highest BCUT2D eigenvalue weighted by Crippen LogP contribution is 2.40. The molecule has 1 saturated carbocycles. The largest absolute Gasteiger partial charge is 0.497 e. The van der Waals surface area contributed by atoms with Gasteiger partial charge in [-0.1, -0.05) is 12.8 Å². The molecule has 7 nitrogen and oxygen atoms in total. The molecule has 3 amide bonds. The molecule has 0 spiro atoms. The van der Waals surface area contributed by atoms with Crippen molar-refractivity contribution < 1.29 is 23.9 Å². The SMILES string of the molecule is COc1ccc(NC(=O)c2ccc(N3C(=O)C4CCCCC4C3=O)cc2)c(OC)c1. The van der Waals surface area contributed by atoms with Crippen LogP contribution in [0.4, 0.5) is 11.4 Å². The molecule has 7 heteroatoms. The van der Waals surface area contributed by atoms with Crippen molar-refractivity contribution in [2.75, 3.05) is 24.4 Å². The fourth-order valence-corrected chi connectivity index (χ4v) is 4.27. The minimum absolute atomic E-state index is 0.120. The number of hydrogen-bond acceptors (Lipinski definition) is 5. The van der Waals surface area contributed by atoms with E-state index >= 15 is 0 Å². The minimum atomic E-state index is -0.322. The monoisotopic (exact) mass is 408 g/mol. The molecular weight excluding hydrogens is 384 g/mol. The molecule has 1 N–H and O–H groups in total. The Labute approximate surface area is 175 Å². The highest BCUT2D eigenvalue weighted by atomic mass is 16.5. The molecule has 2 aliphatic rings. The van der Waals surface area contributed by atoms with Gasteiger partial charge in [0.25, 0.3) is 5.91 Å². The van der Waals surface area contributed by atoms with Gasteiger partial charge in [0, 0.05) is 11.6 Å². The van der Waals surface area contributed by atoms with Gasteiger partial charge in [0.2, 0.25) is 11.8 Å². The zero-order chi connectivity index (χ0) is 21.3. The maximum atomic E-state index is 12.7. The lowest BCUT2D eigenvalue weighted by Crippen LogP contribution is -2.30. The maximum absolute atomic E-state index is 12.7. The van der Waals surface area contributed by atoms with Crippen LogP contribution in [0.15, 0.2) is 42.5 Å². The summed E-state index contributed by atoms with van der Waals surface area (Å²) in [5, 5.41) is 2.81. The molecule has 2 unspecified atom stereocenters. The molecule has 2 atom stereocenters. The first-order valence-corrected chi connectivity index (χ1v) is 10.0. The van der Waals surface area contributed by atoms with Crippen molar-refractivity contribution in [3.63, 3.8) is 0 Å². The fraction of sp³-hybridized carbons (Fsp3) is 0.348. The van der Waals surface area contributed by atoms with E-state index in [1.54, 1.807) is 49.6 Å². The number of amides is 3. The van der Waals surface area contributed by atoms with Crippen molar-refractivity contribution in [1.29, 1.82) is 0 Å². The summed E-state index contributed by atoms with van der Waals surface area (Å²) in [6.07, 6.45) is 3.52. The van der Waals surface area contributed by atoms with Gasteiger partial charge in [-0.05, 0) is 49.2 Å². The highest BCUT2D eigenvalue weighted by molar-refractivity contribution is 6.22. The Kier molecular flexibility index (Phi) is 5.44. The summed E-state index contributed by atoms with van der Waals surface area (Å²) in [6, 6.07) is 11.6. The molecule has 0 radical (unpaired) electrons. The van der Waals surface area contributed by atoms with Crippen molar-refractivity contribution >= 4 is 29.1 Å². The third kappa shape index (κ3) is 3.51. The molecular formula is C23H24N2O5. The molecule has 1 aliphatic carbocycles. The molecule has 0 bridgehead atoms. The van der Waals surface area contributed by atoms with Crippen LogP contribution in [0.5, 0.6) is 11.5 Å². The third-order valence-corrected chi connectivity index (χ3v) is 5.89.